The quantitative estimate of drug-likeness (QED) is 0.602. The highest BCUT2D eigenvalue weighted by Gasteiger charge is 2.04. The van der Waals surface area contributed by atoms with E-state index in [1.54, 1.807) is 6.07 Å². The molecule has 0 atom stereocenters. The molecule has 1 N–H and O–H groups in total. The van der Waals surface area contributed by atoms with Crippen molar-refractivity contribution in [2.45, 2.75) is 25.8 Å². The third-order valence-electron chi connectivity index (χ3n) is 2.27. The van der Waals surface area contributed by atoms with Gasteiger partial charge < -0.3 is 5.32 Å². The van der Waals surface area contributed by atoms with Crippen LogP contribution >= 0.6 is 31.9 Å². The standard InChI is InChI=1S/C12H14Br2FNO/c13-6-2-1-3-12(17)16-8-9-7-10(15)4-5-11(9)14/h4-5,7H,1-3,6,8H2,(H,16,17). The van der Waals surface area contributed by atoms with Gasteiger partial charge in [-0.1, -0.05) is 31.9 Å². The Labute approximate surface area is 117 Å². The lowest BCUT2D eigenvalue weighted by molar-refractivity contribution is -0.121. The summed E-state index contributed by atoms with van der Waals surface area (Å²) >= 11 is 6.63. The third kappa shape index (κ3) is 5.64. The summed E-state index contributed by atoms with van der Waals surface area (Å²) in [5.41, 5.74) is 0.749. The fourth-order valence-electron chi connectivity index (χ4n) is 1.34. The molecule has 94 valence electrons. The molecule has 0 aliphatic carbocycles. The minimum absolute atomic E-state index is 0.00195. The molecule has 5 heteroatoms. The Balaban J connectivity index is 2.39. The van der Waals surface area contributed by atoms with Crippen LogP contribution in [0.2, 0.25) is 0 Å². The van der Waals surface area contributed by atoms with Gasteiger partial charge in [0.1, 0.15) is 5.82 Å². The number of hydrogen-bond donors (Lipinski definition) is 1. The highest BCUT2D eigenvalue weighted by Crippen LogP contribution is 2.17. The Bertz CT molecular complexity index is 385. The van der Waals surface area contributed by atoms with E-state index < -0.39 is 0 Å². The molecule has 17 heavy (non-hydrogen) atoms. The summed E-state index contributed by atoms with van der Waals surface area (Å²) in [5.74, 6) is -0.293. The predicted octanol–water partition coefficient (Wildman–Crippen LogP) is 3.77. The predicted molar refractivity (Wildman–Crippen MR) is 73.6 cm³/mol. The van der Waals surface area contributed by atoms with Crippen molar-refractivity contribution in [2.24, 2.45) is 0 Å². The van der Waals surface area contributed by atoms with Crippen LogP contribution in [-0.4, -0.2) is 11.2 Å². The molecule has 0 fully saturated rings. The van der Waals surface area contributed by atoms with Crippen molar-refractivity contribution in [3.8, 4) is 0 Å². The van der Waals surface area contributed by atoms with Gasteiger partial charge in [0.15, 0.2) is 0 Å². The Morgan fingerprint density at radius 1 is 1.35 bits per heavy atom. The van der Waals surface area contributed by atoms with E-state index in [-0.39, 0.29) is 11.7 Å². The van der Waals surface area contributed by atoms with Crippen molar-refractivity contribution < 1.29 is 9.18 Å². The first-order valence-electron chi connectivity index (χ1n) is 5.40. The van der Waals surface area contributed by atoms with Gasteiger partial charge in [-0.2, -0.15) is 0 Å². The molecular formula is C12H14Br2FNO. The summed E-state index contributed by atoms with van der Waals surface area (Å²) < 4.78 is 13.8. The Morgan fingerprint density at radius 3 is 2.82 bits per heavy atom. The number of unbranched alkanes of at least 4 members (excludes halogenated alkanes) is 1. The minimum atomic E-state index is -0.295. The lowest BCUT2D eigenvalue weighted by Crippen LogP contribution is -2.22. The molecule has 0 bridgehead atoms. The number of amides is 1. The zero-order valence-electron chi connectivity index (χ0n) is 9.31. The molecule has 0 unspecified atom stereocenters. The van der Waals surface area contributed by atoms with E-state index in [0.29, 0.717) is 13.0 Å². The van der Waals surface area contributed by atoms with E-state index in [4.69, 9.17) is 0 Å². The van der Waals surface area contributed by atoms with Gasteiger partial charge in [-0.3, -0.25) is 4.79 Å². The third-order valence-corrected chi connectivity index (χ3v) is 3.61. The van der Waals surface area contributed by atoms with Crippen LogP contribution in [0.25, 0.3) is 0 Å². The number of carbonyl (C=O) groups excluding carboxylic acids is 1. The maximum atomic E-state index is 13.0. The molecule has 0 aliphatic rings. The van der Waals surface area contributed by atoms with Crippen LogP contribution in [0.1, 0.15) is 24.8 Å². The van der Waals surface area contributed by atoms with Crippen molar-refractivity contribution in [3.63, 3.8) is 0 Å². The van der Waals surface area contributed by atoms with Crippen LogP contribution in [0.5, 0.6) is 0 Å². The number of alkyl halides is 1. The number of hydrogen-bond acceptors (Lipinski definition) is 1. The Hall–Kier alpha value is -0.420. The first-order chi connectivity index (χ1) is 8.13. The summed E-state index contributed by atoms with van der Waals surface area (Å²) in [7, 11) is 0. The van der Waals surface area contributed by atoms with Gasteiger partial charge in [-0.05, 0) is 36.6 Å². The van der Waals surface area contributed by atoms with Gasteiger partial charge in [0, 0.05) is 22.8 Å². The summed E-state index contributed by atoms with van der Waals surface area (Å²) in [5, 5.41) is 3.69. The number of halogens is 3. The average Bonchev–Trinajstić information content (AvgIpc) is 2.31. The molecule has 0 aromatic heterocycles. The van der Waals surface area contributed by atoms with Gasteiger partial charge in [0.2, 0.25) is 5.91 Å². The molecule has 0 radical (unpaired) electrons. The van der Waals surface area contributed by atoms with Crippen LogP contribution in [0, 0.1) is 5.82 Å². The van der Waals surface area contributed by atoms with Crippen molar-refractivity contribution in [2.75, 3.05) is 5.33 Å². The Kier molecular flexibility index (Phi) is 6.73. The molecule has 2 nitrogen and oxygen atoms in total. The highest BCUT2D eigenvalue weighted by molar-refractivity contribution is 9.10. The minimum Gasteiger partial charge on any atom is -0.352 e. The summed E-state index contributed by atoms with van der Waals surface area (Å²) in [4.78, 5) is 11.5. The van der Waals surface area contributed by atoms with E-state index in [9.17, 15) is 9.18 Å². The van der Waals surface area contributed by atoms with Crippen LogP contribution in [-0.2, 0) is 11.3 Å². The van der Waals surface area contributed by atoms with Gasteiger partial charge >= 0.3 is 0 Å². The number of nitrogens with one attached hydrogen (secondary N) is 1. The lowest BCUT2D eigenvalue weighted by atomic mass is 10.2. The molecule has 1 amide bonds. The molecule has 0 aliphatic heterocycles. The van der Waals surface area contributed by atoms with Gasteiger partial charge in [0.25, 0.3) is 0 Å². The highest BCUT2D eigenvalue weighted by atomic mass is 79.9. The van der Waals surface area contributed by atoms with Crippen molar-refractivity contribution in [3.05, 3.63) is 34.1 Å². The summed E-state index contributed by atoms with van der Waals surface area (Å²) in [6.45, 7) is 0.353. The molecule has 1 rings (SSSR count). The first-order valence-corrected chi connectivity index (χ1v) is 7.31. The largest absolute Gasteiger partial charge is 0.352 e. The molecule has 1 aromatic carbocycles. The maximum absolute atomic E-state index is 13.0. The SMILES string of the molecule is O=C(CCCCBr)NCc1cc(F)ccc1Br. The summed E-state index contributed by atoms with van der Waals surface area (Å²) in [6, 6.07) is 4.44. The number of rotatable bonds is 6. The molecular weight excluding hydrogens is 353 g/mol. The zero-order valence-corrected chi connectivity index (χ0v) is 12.5. The second-order valence-corrected chi connectivity index (χ2v) is 5.31. The van der Waals surface area contributed by atoms with E-state index in [1.165, 1.54) is 12.1 Å². The lowest BCUT2D eigenvalue weighted by Gasteiger charge is -2.07. The van der Waals surface area contributed by atoms with Crippen molar-refractivity contribution in [1.29, 1.82) is 0 Å². The van der Waals surface area contributed by atoms with Gasteiger partial charge in [0.05, 0.1) is 0 Å². The van der Waals surface area contributed by atoms with Gasteiger partial charge in [-0.25, -0.2) is 4.39 Å². The van der Waals surface area contributed by atoms with Crippen molar-refractivity contribution >= 4 is 37.8 Å². The topological polar surface area (TPSA) is 29.1 Å². The summed E-state index contributed by atoms with van der Waals surface area (Å²) in [6.07, 6.45) is 2.36. The molecule has 0 saturated carbocycles. The second kappa shape index (κ2) is 7.82. The van der Waals surface area contributed by atoms with E-state index in [0.717, 1.165) is 28.2 Å². The maximum Gasteiger partial charge on any atom is 0.220 e. The van der Waals surface area contributed by atoms with Crippen LogP contribution in [0.3, 0.4) is 0 Å². The number of carbonyl (C=O) groups is 1. The second-order valence-electron chi connectivity index (χ2n) is 3.66. The number of benzene rings is 1. The van der Waals surface area contributed by atoms with Crippen LogP contribution in [0.4, 0.5) is 4.39 Å². The molecule has 0 heterocycles. The Morgan fingerprint density at radius 2 is 2.12 bits per heavy atom. The van der Waals surface area contributed by atoms with Gasteiger partial charge in [-0.15, -0.1) is 0 Å². The first kappa shape index (κ1) is 14.6. The average molecular weight is 367 g/mol. The van der Waals surface area contributed by atoms with E-state index in [1.807, 2.05) is 0 Å². The van der Waals surface area contributed by atoms with Crippen molar-refractivity contribution in [1.82, 2.24) is 5.32 Å². The zero-order chi connectivity index (χ0) is 12.7. The molecule has 0 spiro atoms. The van der Waals surface area contributed by atoms with E-state index >= 15 is 0 Å². The fourth-order valence-corrected chi connectivity index (χ4v) is 2.12. The normalized spacial score (nSPS) is 10.3. The molecule has 0 saturated heterocycles. The van der Waals surface area contributed by atoms with E-state index in [2.05, 4.69) is 37.2 Å². The smallest absolute Gasteiger partial charge is 0.220 e. The fraction of sp³-hybridized carbons (Fsp3) is 0.417. The van der Waals surface area contributed by atoms with Crippen LogP contribution < -0.4 is 5.32 Å². The van der Waals surface area contributed by atoms with Crippen LogP contribution in [0.15, 0.2) is 22.7 Å². The molecule has 1 aromatic rings. The monoisotopic (exact) mass is 365 g/mol.